The van der Waals surface area contributed by atoms with E-state index in [9.17, 15) is 13.6 Å². The molecular formula is C14H17F2NO3. The van der Waals surface area contributed by atoms with Gasteiger partial charge in [0, 0.05) is 19.2 Å². The lowest BCUT2D eigenvalue weighted by Crippen LogP contribution is -2.24. The maximum atomic E-state index is 13.7. The van der Waals surface area contributed by atoms with Gasteiger partial charge in [0.25, 0.3) is 0 Å². The number of carbonyl (C=O) groups is 1. The highest BCUT2D eigenvalue weighted by Gasteiger charge is 2.18. The molecule has 0 aliphatic carbocycles. The SMILES string of the molecule is COC(=O)c1cc(NCC2CCCOC2)c(F)cc1F. The summed E-state index contributed by atoms with van der Waals surface area (Å²) in [6, 6.07) is 1.83. The van der Waals surface area contributed by atoms with Crippen molar-refractivity contribution in [2.75, 3.05) is 32.2 Å². The van der Waals surface area contributed by atoms with Gasteiger partial charge in [0.1, 0.15) is 11.6 Å². The predicted octanol–water partition coefficient (Wildman–Crippen LogP) is 2.59. The number of hydrogen-bond acceptors (Lipinski definition) is 4. The van der Waals surface area contributed by atoms with Gasteiger partial charge in [-0.25, -0.2) is 13.6 Å². The molecule has 0 bridgehead atoms. The normalized spacial score (nSPS) is 18.6. The predicted molar refractivity (Wildman–Crippen MR) is 69.7 cm³/mol. The van der Waals surface area contributed by atoms with Crippen LogP contribution in [0.1, 0.15) is 23.2 Å². The monoisotopic (exact) mass is 285 g/mol. The molecule has 0 saturated carbocycles. The van der Waals surface area contributed by atoms with E-state index in [0.717, 1.165) is 32.6 Å². The first-order valence-corrected chi connectivity index (χ1v) is 6.50. The topological polar surface area (TPSA) is 47.6 Å². The highest BCUT2D eigenvalue weighted by atomic mass is 19.1. The van der Waals surface area contributed by atoms with Crippen molar-refractivity contribution in [2.24, 2.45) is 5.92 Å². The van der Waals surface area contributed by atoms with E-state index in [4.69, 9.17) is 4.74 Å². The zero-order valence-corrected chi connectivity index (χ0v) is 11.2. The number of rotatable bonds is 4. The number of esters is 1. The van der Waals surface area contributed by atoms with E-state index in [-0.39, 0.29) is 17.2 Å². The quantitative estimate of drug-likeness (QED) is 0.864. The minimum atomic E-state index is -0.930. The van der Waals surface area contributed by atoms with Gasteiger partial charge in [-0.15, -0.1) is 0 Å². The number of anilines is 1. The first-order valence-electron chi connectivity index (χ1n) is 6.50. The summed E-state index contributed by atoms with van der Waals surface area (Å²) < 4.78 is 36.9. The third-order valence-corrected chi connectivity index (χ3v) is 3.30. The van der Waals surface area contributed by atoms with Crippen LogP contribution >= 0.6 is 0 Å². The molecule has 1 N–H and O–H groups in total. The van der Waals surface area contributed by atoms with E-state index in [1.807, 2.05) is 0 Å². The number of carbonyl (C=O) groups excluding carboxylic acids is 1. The molecule has 1 aliphatic rings. The van der Waals surface area contributed by atoms with Crippen molar-refractivity contribution >= 4 is 11.7 Å². The second kappa shape index (κ2) is 6.65. The second-order valence-electron chi connectivity index (χ2n) is 4.77. The van der Waals surface area contributed by atoms with Crippen LogP contribution in [0.15, 0.2) is 12.1 Å². The Morgan fingerprint density at radius 3 is 2.90 bits per heavy atom. The van der Waals surface area contributed by atoms with Gasteiger partial charge in [0.15, 0.2) is 0 Å². The summed E-state index contributed by atoms with van der Waals surface area (Å²) in [5.74, 6) is -2.20. The first-order chi connectivity index (χ1) is 9.61. The van der Waals surface area contributed by atoms with E-state index in [1.54, 1.807) is 0 Å². The van der Waals surface area contributed by atoms with Gasteiger partial charge in [-0.05, 0) is 24.8 Å². The third-order valence-electron chi connectivity index (χ3n) is 3.30. The van der Waals surface area contributed by atoms with Gasteiger partial charge in [-0.3, -0.25) is 0 Å². The third kappa shape index (κ3) is 3.45. The summed E-state index contributed by atoms with van der Waals surface area (Å²) >= 11 is 0. The molecule has 6 heteroatoms. The fourth-order valence-electron chi connectivity index (χ4n) is 2.17. The number of nitrogens with one attached hydrogen (secondary N) is 1. The van der Waals surface area contributed by atoms with Crippen molar-refractivity contribution in [3.63, 3.8) is 0 Å². The summed E-state index contributed by atoms with van der Waals surface area (Å²) in [6.07, 6.45) is 1.98. The minimum absolute atomic E-state index is 0.0948. The highest BCUT2D eigenvalue weighted by molar-refractivity contribution is 5.90. The number of benzene rings is 1. The zero-order chi connectivity index (χ0) is 14.5. The molecule has 1 atom stereocenters. The van der Waals surface area contributed by atoms with E-state index in [2.05, 4.69) is 10.1 Å². The molecule has 1 aliphatic heterocycles. The number of methoxy groups -OCH3 is 1. The average molecular weight is 285 g/mol. The Labute approximate surface area is 116 Å². The maximum Gasteiger partial charge on any atom is 0.340 e. The first kappa shape index (κ1) is 14.7. The number of halogens is 2. The lowest BCUT2D eigenvalue weighted by molar-refractivity contribution is 0.0590. The smallest absolute Gasteiger partial charge is 0.340 e. The van der Waals surface area contributed by atoms with E-state index in [0.29, 0.717) is 19.2 Å². The fraction of sp³-hybridized carbons (Fsp3) is 0.500. The minimum Gasteiger partial charge on any atom is -0.465 e. The van der Waals surface area contributed by atoms with Crippen LogP contribution in [0.5, 0.6) is 0 Å². The second-order valence-corrected chi connectivity index (χ2v) is 4.77. The van der Waals surface area contributed by atoms with Crippen LogP contribution in [0.2, 0.25) is 0 Å². The van der Waals surface area contributed by atoms with E-state index in [1.165, 1.54) is 0 Å². The van der Waals surface area contributed by atoms with Crippen molar-refractivity contribution in [1.82, 2.24) is 0 Å². The average Bonchev–Trinajstić information content (AvgIpc) is 2.46. The van der Waals surface area contributed by atoms with E-state index < -0.39 is 17.6 Å². The Morgan fingerprint density at radius 1 is 1.45 bits per heavy atom. The van der Waals surface area contributed by atoms with E-state index >= 15 is 0 Å². The summed E-state index contributed by atoms with van der Waals surface area (Å²) in [4.78, 5) is 11.4. The summed E-state index contributed by atoms with van der Waals surface area (Å²) in [7, 11) is 1.15. The molecule has 110 valence electrons. The molecule has 1 aromatic carbocycles. The van der Waals surface area contributed by atoms with Crippen molar-refractivity contribution in [3.8, 4) is 0 Å². The molecule has 4 nitrogen and oxygen atoms in total. The van der Waals surface area contributed by atoms with Crippen molar-refractivity contribution in [2.45, 2.75) is 12.8 Å². The fourth-order valence-corrected chi connectivity index (χ4v) is 2.17. The maximum absolute atomic E-state index is 13.7. The molecule has 0 amide bonds. The van der Waals surface area contributed by atoms with Crippen LogP contribution in [0, 0.1) is 17.6 Å². The van der Waals surface area contributed by atoms with Gasteiger partial charge in [0.2, 0.25) is 0 Å². The molecule has 1 saturated heterocycles. The Bertz CT molecular complexity index is 488. The van der Waals surface area contributed by atoms with Gasteiger partial charge in [-0.2, -0.15) is 0 Å². The van der Waals surface area contributed by atoms with Crippen LogP contribution < -0.4 is 5.32 Å². The molecule has 1 unspecified atom stereocenters. The van der Waals surface area contributed by atoms with Gasteiger partial charge in [0.05, 0.1) is 25.0 Å². The molecule has 0 aromatic heterocycles. The molecular weight excluding hydrogens is 268 g/mol. The Morgan fingerprint density at radius 2 is 2.25 bits per heavy atom. The van der Waals surface area contributed by atoms with Gasteiger partial charge >= 0.3 is 5.97 Å². The molecule has 20 heavy (non-hydrogen) atoms. The highest BCUT2D eigenvalue weighted by Crippen LogP contribution is 2.22. The molecule has 1 aromatic rings. The van der Waals surface area contributed by atoms with Crippen molar-refractivity contribution in [1.29, 1.82) is 0 Å². The Kier molecular flexibility index (Phi) is 4.89. The Hall–Kier alpha value is -1.69. The van der Waals surface area contributed by atoms with Crippen LogP contribution in [-0.4, -0.2) is 32.8 Å². The largest absolute Gasteiger partial charge is 0.465 e. The molecule has 0 spiro atoms. The molecule has 2 rings (SSSR count). The van der Waals surface area contributed by atoms with Crippen LogP contribution in [0.4, 0.5) is 14.5 Å². The lowest BCUT2D eigenvalue weighted by Gasteiger charge is -2.23. The molecule has 1 fully saturated rings. The molecule has 0 radical (unpaired) electrons. The Balaban J connectivity index is 2.08. The van der Waals surface area contributed by atoms with Crippen LogP contribution in [0.25, 0.3) is 0 Å². The molecule has 1 heterocycles. The summed E-state index contributed by atoms with van der Waals surface area (Å²) in [6.45, 7) is 1.90. The van der Waals surface area contributed by atoms with Crippen LogP contribution in [-0.2, 0) is 9.47 Å². The van der Waals surface area contributed by atoms with Gasteiger partial charge in [-0.1, -0.05) is 0 Å². The number of hydrogen-bond donors (Lipinski definition) is 1. The van der Waals surface area contributed by atoms with Crippen molar-refractivity contribution in [3.05, 3.63) is 29.3 Å². The number of ether oxygens (including phenoxy) is 2. The lowest BCUT2D eigenvalue weighted by atomic mass is 10.0. The summed E-state index contributed by atoms with van der Waals surface area (Å²) in [5.41, 5.74) is -0.186. The van der Waals surface area contributed by atoms with Crippen LogP contribution in [0.3, 0.4) is 0 Å². The van der Waals surface area contributed by atoms with Crippen molar-refractivity contribution < 1.29 is 23.0 Å². The van der Waals surface area contributed by atoms with Gasteiger partial charge < -0.3 is 14.8 Å². The summed E-state index contributed by atoms with van der Waals surface area (Å²) in [5, 5.41) is 2.90. The zero-order valence-electron chi connectivity index (χ0n) is 11.2. The standard InChI is InChI=1S/C14H17F2NO3/c1-19-14(18)10-5-13(12(16)6-11(10)15)17-7-9-3-2-4-20-8-9/h5-6,9,17H,2-4,7-8H2,1H3.